The van der Waals surface area contributed by atoms with E-state index in [9.17, 15) is 4.79 Å². The third-order valence-corrected chi connectivity index (χ3v) is 4.45. The SMILES string of the molecule is N#Cc1ccc(NC[C@H]2CCN(Cc3cccc(C(N)=O)c3)C2)nc1. The molecule has 1 aromatic carbocycles. The zero-order valence-corrected chi connectivity index (χ0v) is 14.0. The van der Waals surface area contributed by atoms with Crippen LogP contribution in [0.2, 0.25) is 0 Å². The largest absolute Gasteiger partial charge is 0.370 e. The van der Waals surface area contributed by atoms with Crippen LogP contribution < -0.4 is 11.1 Å². The predicted molar refractivity (Wildman–Crippen MR) is 95.8 cm³/mol. The van der Waals surface area contributed by atoms with E-state index in [1.54, 1.807) is 18.3 Å². The maximum atomic E-state index is 11.3. The van der Waals surface area contributed by atoms with Crippen LogP contribution >= 0.6 is 0 Å². The van der Waals surface area contributed by atoms with Crippen LogP contribution in [-0.2, 0) is 6.54 Å². The number of benzene rings is 1. The van der Waals surface area contributed by atoms with E-state index in [2.05, 4.69) is 21.3 Å². The van der Waals surface area contributed by atoms with Crippen molar-refractivity contribution in [2.45, 2.75) is 13.0 Å². The molecule has 0 bridgehead atoms. The standard InChI is InChI=1S/C19H21N5O/c20-9-15-4-5-18(22-10-15)23-11-16-6-7-24(13-16)12-14-2-1-3-17(8-14)19(21)25/h1-5,8,10,16H,6-7,11-13H2,(H2,21,25)(H,22,23)/t16-/m1/s1. The molecule has 2 aromatic rings. The van der Waals surface area contributed by atoms with E-state index in [4.69, 9.17) is 11.0 Å². The summed E-state index contributed by atoms with van der Waals surface area (Å²) in [6.07, 6.45) is 2.70. The lowest BCUT2D eigenvalue weighted by molar-refractivity contribution is 0.1000. The molecule has 128 valence electrons. The lowest BCUT2D eigenvalue weighted by Gasteiger charge is -2.17. The number of hydrogen-bond acceptors (Lipinski definition) is 5. The smallest absolute Gasteiger partial charge is 0.248 e. The number of rotatable bonds is 6. The first-order valence-corrected chi connectivity index (χ1v) is 8.35. The van der Waals surface area contributed by atoms with Gasteiger partial charge in [0, 0.05) is 31.4 Å². The van der Waals surface area contributed by atoms with Gasteiger partial charge in [-0.2, -0.15) is 5.26 Å². The molecule has 1 aliphatic heterocycles. The highest BCUT2D eigenvalue weighted by molar-refractivity contribution is 5.92. The fourth-order valence-corrected chi connectivity index (χ4v) is 3.12. The number of carbonyl (C=O) groups is 1. The van der Waals surface area contributed by atoms with E-state index in [1.165, 1.54) is 0 Å². The Bertz CT molecular complexity index is 781. The van der Waals surface area contributed by atoms with E-state index in [1.807, 2.05) is 24.3 Å². The number of nitrogens with zero attached hydrogens (tertiary/aromatic N) is 3. The van der Waals surface area contributed by atoms with Crippen LogP contribution in [0.25, 0.3) is 0 Å². The van der Waals surface area contributed by atoms with Gasteiger partial charge in [0.05, 0.1) is 5.56 Å². The summed E-state index contributed by atoms with van der Waals surface area (Å²) in [5.41, 5.74) is 7.57. The van der Waals surface area contributed by atoms with Crippen LogP contribution in [0.15, 0.2) is 42.6 Å². The lowest BCUT2D eigenvalue weighted by atomic mass is 10.1. The molecule has 25 heavy (non-hydrogen) atoms. The average molecular weight is 335 g/mol. The summed E-state index contributed by atoms with van der Waals surface area (Å²) < 4.78 is 0. The van der Waals surface area contributed by atoms with Crippen molar-refractivity contribution >= 4 is 11.7 Å². The van der Waals surface area contributed by atoms with Gasteiger partial charge >= 0.3 is 0 Å². The number of likely N-dealkylation sites (tertiary alicyclic amines) is 1. The monoisotopic (exact) mass is 335 g/mol. The van der Waals surface area contributed by atoms with Crippen molar-refractivity contribution in [3.8, 4) is 6.07 Å². The van der Waals surface area contributed by atoms with Crippen LogP contribution in [0.5, 0.6) is 0 Å². The molecule has 1 aliphatic rings. The van der Waals surface area contributed by atoms with Crippen molar-refractivity contribution in [1.29, 1.82) is 5.26 Å². The number of nitriles is 1. The Kier molecular flexibility index (Phi) is 5.26. The molecule has 0 spiro atoms. The van der Waals surface area contributed by atoms with Crippen molar-refractivity contribution in [2.75, 3.05) is 25.0 Å². The number of aromatic nitrogens is 1. The Labute approximate surface area is 147 Å². The van der Waals surface area contributed by atoms with Gasteiger partial charge in [0.1, 0.15) is 11.9 Å². The Hall–Kier alpha value is -2.91. The van der Waals surface area contributed by atoms with Crippen LogP contribution in [0.3, 0.4) is 0 Å². The van der Waals surface area contributed by atoms with E-state index in [-0.39, 0.29) is 5.91 Å². The highest BCUT2D eigenvalue weighted by atomic mass is 16.1. The highest BCUT2D eigenvalue weighted by Gasteiger charge is 2.22. The average Bonchev–Trinajstić information content (AvgIpc) is 3.08. The summed E-state index contributed by atoms with van der Waals surface area (Å²) in [7, 11) is 0. The molecule has 1 amide bonds. The minimum atomic E-state index is -0.389. The summed E-state index contributed by atoms with van der Waals surface area (Å²) in [6, 6.07) is 13.2. The van der Waals surface area contributed by atoms with Crippen LogP contribution in [0.4, 0.5) is 5.82 Å². The number of anilines is 1. The molecule has 3 N–H and O–H groups in total. The minimum Gasteiger partial charge on any atom is -0.370 e. The van der Waals surface area contributed by atoms with Crippen LogP contribution in [0, 0.1) is 17.2 Å². The molecule has 0 unspecified atom stereocenters. The van der Waals surface area contributed by atoms with Crippen LogP contribution in [0.1, 0.15) is 27.9 Å². The molecular formula is C19H21N5O. The van der Waals surface area contributed by atoms with Crippen molar-refractivity contribution in [3.63, 3.8) is 0 Å². The van der Waals surface area contributed by atoms with Crippen LogP contribution in [-0.4, -0.2) is 35.4 Å². The molecule has 6 heteroatoms. The number of nitrogens with one attached hydrogen (secondary N) is 1. The van der Waals surface area contributed by atoms with Gasteiger partial charge in [0.25, 0.3) is 0 Å². The fraction of sp³-hybridized carbons (Fsp3) is 0.316. The first kappa shape index (κ1) is 16.9. The third kappa shape index (κ3) is 4.55. The zero-order valence-electron chi connectivity index (χ0n) is 14.0. The second-order valence-electron chi connectivity index (χ2n) is 6.38. The zero-order chi connectivity index (χ0) is 17.6. The normalized spacial score (nSPS) is 17.2. The summed E-state index contributed by atoms with van der Waals surface area (Å²) >= 11 is 0. The first-order valence-electron chi connectivity index (χ1n) is 8.35. The second kappa shape index (κ2) is 7.77. The Morgan fingerprint density at radius 1 is 1.40 bits per heavy atom. The number of primary amides is 1. The van der Waals surface area contributed by atoms with Gasteiger partial charge in [-0.05, 0) is 48.7 Å². The summed E-state index contributed by atoms with van der Waals surface area (Å²) in [6.45, 7) is 3.72. The molecule has 3 rings (SSSR count). The molecular weight excluding hydrogens is 314 g/mol. The van der Waals surface area contributed by atoms with Gasteiger partial charge in [-0.1, -0.05) is 12.1 Å². The maximum Gasteiger partial charge on any atom is 0.248 e. The van der Waals surface area contributed by atoms with E-state index in [0.717, 1.165) is 44.0 Å². The Morgan fingerprint density at radius 3 is 3.00 bits per heavy atom. The van der Waals surface area contributed by atoms with Gasteiger partial charge in [-0.3, -0.25) is 9.69 Å². The summed E-state index contributed by atoms with van der Waals surface area (Å²) in [4.78, 5) is 17.9. The van der Waals surface area contributed by atoms with Gasteiger partial charge < -0.3 is 11.1 Å². The number of pyridine rings is 1. The molecule has 0 aliphatic carbocycles. The molecule has 1 saturated heterocycles. The minimum absolute atomic E-state index is 0.389. The van der Waals surface area contributed by atoms with Crippen molar-refractivity contribution in [1.82, 2.24) is 9.88 Å². The molecule has 6 nitrogen and oxygen atoms in total. The molecule has 1 fully saturated rings. The molecule has 0 radical (unpaired) electrons. The number of amides is 1. The molecule has 2 heterocycles. The third-order valence-electron chi connectivity index (χ3n) is 4.45. The van der Waals surface area contributed by atoms with E-state index in [0.29, 0.717) is 17.0 Å². The van der Waals surface area contributed by atoms with Gasteiger partial charge in [-0.15, -0.1) is 0 Å². The Balaban J connectivity index is 1.49. The van der Waals surface area contributed by atoms with Gasteiger partial charge in [0.2, 0.25) is 5.91 Å². The first-order chi connectivity index (χ1) is 12.1. The predicted octanol–water partition coefficient (Wildman–Crippen LogP) is 1.99. The van der Waals surface area contributed by atoms with E-state index >= 15 is 0 Å². The number of nitrogens with two attached hydrogens (primary N) is 1. The molecule has 1 aromatic heterocycles. The number of hydrogen-bond donors (Lipinski definition) is 2. The lowest BCUT2D eigenvalue weighted by Crippen LogP contribution is -2.23. The quantitative estimate of drug-likeness (QED) is 0.842. The van der Waals surface area contributed by atoms with Gasteiger partial charge in [0.15, 0.2) is 0 Å². The fourth-order valence-electron chi connectivity index (χ4n) is 3.12. The highest BCUT2D eigenvalue weighted by Crippen LogP contribution is 2.19. The maximum absolute atomic E-state index is 11.3. The van der Waals surface area contributed by atoms with E-state index < -0.39 is 0 Å². The second-order valence-corrected chi connectivity index (χ2v) is 6.38. The molecule has 0 saturated carbocycles. The summed E-state index contributed by atoms with van der Waals surface area (Å²) in [5, 5.41) is 12.1. The molecule has 1 atom stereocenters. The summed E-state index contributed by atoms with van der Waals surface area (Å²) in [5.74, 6) is 0.962. The van der Waals surface area contributed by atoms with Gasteiger partial charge in [-0.25, -0.2) is 4.98 Å². The topological polar surface area (TPSA) is 95.0 Å². The number of carbonyl (C=O) groups excluding carboxylic acids is 1. The Morgan fingerprint density at radius 2 is 2.28 bits per heavy atom. The van der Waals surface area contributed by atoms with Crippen molar-refractivity contribution < 1.29 is 4.79 Å². The van der Waals surface area contributed by atoms with Crippen molar-refractivity contribution in [2.24, 2.45) is 11.7 Å². The van der Waals surface area contributed by atoms with Crippen molar-refractivity contribution in [3.05, 3.63) is 59.3 Å².